The molecule has 3 rings (SSSR count). The lowest BCUT2D eigenvalue weighted by atomic mass is 10.1. The highest BCUT2D eigenvalue weighted by atomic mass is 32.5. The van der Waals surface area contributed by atoms with Gasteiger partial charge in [-0.05, 0) is 11.8 Å². The second kappa shape index (κ2) is 8.39. The van der Waals surface area contributed by atoms with Gasteiger partial charge in [-0.1, -0.05) is 0 Å². The first-order valence-electron chi connectivity index (χ1n) is 7.89. The maximum atomic E-state index is 9.65. The van der Waals surface area contributed by atoms with Crippen molar-refractivity contribution in [3.8, 4) is 0 Å². The van der Waals surface area contributed by atoms with Gasteiger partial charge in [0.1, 0.15) is 30.2 Å². The molecular weight excluding hydrogens is 401 g/mol. The van der Waals surface area contributed by atoms with Crippen LogP contribution in [0.15, 0.2) is 12.7 Å². The first-order chi connectivity index (χ1) is 12.9. The van der Waals surface area contributed by atoms with Gasteiger partial charge in [-0.3, -0.25) is 9.09 Å². The van der Waals surface area contributed by atoms with Gasteiger partial charge in [-0.2, -0.15) is 0 Å². The summed E-state index contributed by atoms with van der Waals surface area (Å²) in [7, 11) is 1.51. The minimum atomic E-state index is -4.04. The van der Waals surface area contributed by atoms with Crippen molar-refractivity contribution in [3.63, 3.8) is 0 Å². The van der Waals surface area contributed by atoms with Crippen LogP contribution in [0.2, 0.25) is 0 Å². The Kier molecular flexibility index (Phi) is 6.35. The molecule has 2 aromatic rings. The van der Waals surface area contributed by atoms with Crippen LogP contribution in [0.5, 0.6) is 0 Å². The number of nitrogens with zero attached hydrogens (tertiary/aromatic N) is 4. The lowest BCUT2D eigenvalue weighted by Gasteiger charge is -2.25. The fourth-order valence-electron chi connectivity index (χ4n) is 2.87. The summed E-state index contributed by atoms with van der Waals surface area (Å²) in [4.78, 5) is 31.4. The minimum Gasteiger partial charge on any atom is -0.394 e. The number of fused-ring (bicyclic) bond motifs is 1. The van der Waals surface area contributed by atoms with Crippen molar-refractivity contribution in [2.45, 2.75) is 24.5 Å². The third kappa shape index (κ3) is 4.42. The Hall–Kier alpha value is -1.28. The molecule has 27 heavy (non-hydrogen) atoms. The second-order valence-corrected chi connectivity index (χ2v) is 8.34. The van der Waals surface area contributed by atoms with Crippen LogP contribution in [-0.4, -0.2) is 79.7 Å². The molecule has 0 radical (unpaired) electrons. The molecule has 1 saturated heterocycles. The van der Waals surface area contributed by atoms with Gasteiger partial charge in [0.2, 0.25) is 0 Å². The van der Waals surface area contributed by atoms with Crippen molar-refractivity contribution in [2.24, 2.45) is 0 Å². The molecule has 2 aromatic heterocycles. The summed E-state index contributed by atoms with van der Waals surface area (Å²) in [5.41, 5.74) is 6.57. The number of hydrogen-bond donors (Lipinski definition) is 4. The molecule has 3 heterocycles. The summed E-state index contributed by atoms with van der Waals surface area (Å²) in [6.07, 6.45) is -0.921. The van der Waals surface area contributed by atoms with E-state index >= 15 is 0 Å². The Labute approximate surface area is 159 Å². The van der Waals surface area contributed by atoms with E-state index in [-0.39, 0.29) is 19.0 Å². The van der Waals surface area contributed by atoms with Crippen LogP contribution in [0, 0.1) is 0 Å². The molecule has 1 aliphatic rings. The van der Waals surface area contributed by atoms with Crippen molar-refractivity contribution in [1.82, 2.24) is 19.5 Å². The van der Waals surface area contributed by atoms with Gasteiger partial charge in [0, 0.05) is 7.11 Å². The summed E-state index contributed by atoms with van der Waals surface area (Å²) >= 11 is 4.57. The summed E-state index contributed by atoms with van der Waals surface area (Å²) in [5.74, 6) is 0.196. The Bertz CT molecular complexity index is 832. The zero-order chi connectivity index (χ0) is 19.6. The maximum absolute atomic E-state index is 9.65. The third-order valence-electron chi connectivity index (χ3n) is 3.98. The van der Waals surface area contributed by atoms with Gasteiger partial charge in [0.25, 0.3) is 0 Å². The fourth-order valence-corrected chi connectivity index (χ4v) is 3.74. The van der Waals surface area contributed by atoms with Crippen LogP contribution < -0.4 is 5.73 Å². The monoisotopic (exact) mass is 421 g/mol. The number of rotatable bonds is 8. The number of nitrogen functional groups attached to an aromatic ring is 1. The third-order valence-corrected chi connectivity index (χ3v) is 4.76. The van der Waals surface area contributed by atoms with Gasteiger partial charge < -0.3 is 34.8 Å². The summed E-state index contributed by atoms with van der Waals surface area (Å²) in [6, 6.07) is 0. The number of aromatic nitrogens is 4. The SMILES string of the molecule is COCCO[C@@H]1[C@H](OP(O)(O)=S)[C@@H](CO)O[C@H]1n1cnc2c(N)ncnc21. The molecule has 0 aliphatic carbocycles. The van der Waals surface area contributed by atoms with Gasteiger partial charge in [0.15, 0.2) is 17.7 Å². The predicted octanol–water partition coefficient (Wildman–Crippen LogP) is -1.08. The molecule has 0 spiro atoms. The van der Waals surface area contributed by atoms with Crippen LogP contribution in [0.1, 0.15) is 6.23 Å². The maximum Gasteiger partial charge on any atom is 0.322 e. The first kappa shape index (κ1) is 20.5. The molecule has 14 heteroatoms. The molecule has 0 amide bonds. The number of hydrogen-bond acceptors (Lipinski definition) is 10. The lowest BCUT2D eigenvalue weighted by molar-refractivity contribution is -0.0777. The lowest BCUT2D eigenvalue weighted by Crippen LogP contribution is -2.38. The van der Waals surface area contributed by atoms with Crippen LogP contribution in [0.25, 0.3) is 11.2 Å². The number of aliphatic hydroxyl groups is 1. The molecule has 0 unspecified atom stereocenters. The van der Waals surface area contributed by atoms with Gasteiger partial charge in [0.05, 0.1) is 26.1 Å². The second-order valence-electron chi connectivity index (χ2n) is 5.72. The Morgan fingerprint density at radius 1 is 1.30 bits per heavy atom. The number of methoxy groups -OCH3 is 1. The van der Waals surface area contributed by atoms with Gasteiger partial charge in [-0.15, -0.1) is 0 Å². The first-order valence-corrected chi connectivity index (χ1v) is 10.5. The van der Waals surface area contributed by atoms with E-state index in [9.17, 15) is 14.9 Å². The van der Waals surface area contributed by atoms with E-state index in [1.54, 1.807) is 4.57 Å². The highest BCUT2D eigenvalue weighted by molar-refractivity contribution is 8.06. The molecule has 4 atom stereocenters. The van der Waals surface area contributed by atoms with E-state index in [0.717, 1.165) is 0 Å². The standard InChI is InChI=1S/C13H20N5O7PS/c1-22-2-3-23-10-9(25-26(20,21)27)7(4-19)24-13(10)18-6-17-8-11(14)15-5-16-12(8)18/h5-7,9-10,13,19H,2-4H2,1H3,(H2,14,15,16)(H2,20,21,27)/t7-,9-,10-,13-/m1/s1. The van der Waals surface area contributed by atoms with Crippen molar-refractivity contribution < 1.29 is 33.6 Å². The molecule has 1 fully saturated rings. The van der Waals surface area contributed by atoms with Crippen molar-refractivity contribution in [2.75, 3.05) is 32.7 Å². The highest BCUT2D eigenvalue weighted by Gasteiger charge is 2.49. The molecule has 0 aromatic carbocycles. The molecule has 1 aliphatic heterocycles. The summed E-state index contributed by atoms with van der Waals surface area (Å²) in [6.45, 7) is -4.04. The Morgan fingerprint density at radius 2 is 2.07 bits per heavy atom. The quantitative estimate of drug-likeness (QED) is 0.301. The number of nitrogens with two attached hydrogens (primary N) is 1. The van der Waals surface area contributed by atoms with E-state index in [2.05, 4.69) is 26.8 Å². The molecular formula is C13H20N5O7PS. The average Bonchev–Trinajstić information content (AvgIpc) is 3.17. The minimum absolute atomic E-state index is 0.169. The normalized spacial score (nSPS) is 26.1. The van der Waals surface area contributed by atoms with Crippen molar-refractivity contribution >= 4 is 35.5 Å². The average molecular weight is 421 g/mol. The molecule has 5 N–H and O–H groups in total. The topological polar surface area (TPSA) is 167 Å². The predicted molar refractivity (Wildman–Crippen MR) is 95.9 cm³/mol. The number of anilines is 1. The van der Waals surface area contributed by atoms with Crippen LogP contribution in [0.4, 0.5) is 5.82 Å². The van der Waals surface area contributed by atoms with E-state index in [1.165, 1.54) is 19.8 Å². The van der Waals surface area contributed by atoms with Crippen LogP contribution >= 0.6 is 6.72 Å². The highest BCUT2D eigenvalue weighted by Crippen LogP contribution is 2.45. The van der Waals surface area contributed by atoms with Crippen molar-refractivity contribution in [3.05, 3.63) is 12.7 Å². The molecule has 12 nitrogen and oxygen atoms in total. The van der Waals surface area contributed by atoms with E-state index in [4.69, 9.17) is 24.5 Å². The largest absolute Gasteiger partial charge is 0.394 e. The van der Waals surface area contributed by atoms with E-state index in [1.807, 2.05) is 0 Å². The van der Waals surface area contributed by atoms with Gasteiger partial charge >= 0.3 is 6.72 Å². The van der Waals surface area contributed by atoms with Crippen LogP contribution in [0.3, 0.4) is 0 Å². The molecule has 150 valence electrons. The fraction of sp³-hybridized carbons (Fsp3) is 0.615. The Morgan fingerprint density at radius 3 is 2.74 bits per heavy atom. The van der Waals surface area contributed by atoms with Crippen LogP contribution in [-0.2, 0) is 30.5 Å². The Balaban J connectivity index is 1.97. The van der Waals surface area contributed by atoms with E-state index in [0.29, 0.717) is 11.2 Å². The number of ether oxygens (including phenoxy) is 3. The molecule has 0 saturated carbocycles. The van der Waals surface area contributed by atoms with E-state index < -0.39 is 37.9 Å². The van der Waals surface area contributed by atoms with Crippen molar-refractivity contribution in [1.29, 1.82) is 0 Å². The zero-order valence-electron chi connectivity index (χ0n) is 14.3. The smallest absolute Gasteiger partial charge is 0.322 e. The zero-order valence-corrected chi connectivity index (χ0v) is 16.0. The molecule has 0 bridgehead atoms. The number of imidazole rings is 1. The number of aliphatic hydroxyl groups excluding tert-OH is 1. The van der Waals surface area contributed by atoms with Gasteiger partial charge in [-0.25, -0.2) is 15.0 Å². The summed E-state index contributed by atoms with van der Waals surface area (Å²) in [5, 5.41) is 9.65. The summed E-state index contributed by atoms with van der Waals surface area (Å²) < 4.78 is 23.4.